The number of Topliss-reactive ketones (excluding diaryl/α,β-unsaturated/α-hetero) is 1. The van der Waals surface area contributed by atoms with Crippen molar-refractivity contribution in [1.29, 1.82) is 0 Å². The van der Waals surface area contributed by atoms with E-state index in [2.05, 4.69) is 4.98 Å². The van der Waals surface area contributed by atoms with Crippen LogP contribution >= 0.6 is 0 Å². The second kappa shape index (κ2) is 4.69. The third-order valence-electron chi connectivity index (χ3n) is 1.62. The van der Waals surface area contributed by atoms with Gasteiger partial charge in [0.1, 0.15) is 6.61 Å². The molecule has 0 fully saturated rings. The summed E-state index contributed by atoms with van der Waals surface area (Å²) in [6, 6.07) is 3.34. The monoisotopic (exact) mass is 180 g/mol. The Bertz CT molecular complexity index is 299. The van der Waals surface area contributed by atoms with Gasteiger partial charge in [0, 0.05) is 25.4 Å². The van der Waals surface area contributed by atoms with E-state index in [0.29, 0.717) is 17.8 Å². The first-order valence-corrected chi connectivity index (χ1v) is 3.95. The fourth-order valence-corrected chi connectivity index (χ4v) is 0.978. The SMILES string of the molecule is COCC(=O)c1ccnc(CN)c1. The number of hydrogen-bond acceptors (Lipinski definition) is 4. The molecule has 1 aromatic rings. The molecule has 1 rings (SSSR count). The molecular formula is C9H12N2O2. The van der Waals surface area contributed by atoms with E-state index in [1.54, 1.807) is 18.3 Å². The molecule has 70 valence electrons. The van der Waals surface area contributed by atoms with Crippen molar-refractivity contribution >= 4 is 5.78 Å². The molecule has 0 atom stereocenters. The van der Waals surface area contributed by atoms with E-state index < -0.39 is 0 Å². The van der Waals surface area contributed by atoms with Crippen LogP contribution in [-0.4, -0.2) is 24.5 Å². The smallest absolute Gasteiger partial charge is 0.188 e. The minimum Gasteiger partial charge on any atom is -0.377 e. The van der Waals surface area contributed by atoms with E-state index in [-0.39, 0.29) is 12.4 Å². The van der Waals surface area contributed by atoms with Crippen molar-refractivity contribution in [2.45, 2.75) is 6.54 Å². The summed E-state index contributed by atoms with van der Waals surface area (Å²) in [5.41, 5.74) is 6.69. The third-order valence-corrected chi connectivity index (χ3v) is 1.62. The van der Waals surface area contributed by atoms with Crippen LogP contribution in [0.4, 0.5) is 0 Å². The Labute approximate surface area is 76.7 Å². The molecule has 1 aromatic heterocycles. The number of nitrogens with two attached hydrogens (primary N) is 1. The van der Waals surface area contributed by atoms with Gasteiger partial charge in [-0.2, -0.15) is 0 Å². The number of ketones is 1. The van der Waals surface area contributed by atoms with Crippen molar-refractivity contribution in [3.63, 3.8) is 0 Å². The van der Waals surface area contributed by atoms with Crippen LogP contribution in [0.1, 0.15) is 16.1 Å². The second-order valence-electron chi connectivity index (χ2n) is 2.60. The summed E-state index contributed by atoms with van der Waals surface area (Å²) in [4.78, 5) is 15.3. The van der Waals surface area contributed by atoms with Gasteiger partial charge in [0.15, 0.2) is 5.78 Å². The molecule has 0 radical (unpaired) electrons. The molecule has 0 aliphatic carbocycles. The number of methoxy groups -OCH3 is 1. The van der Waals surface area contributed by atoms with E-state index in [1.807, 2.05) is 0 Å². The molecule has 0 aliphatic rings. The fourth-order valence-electron chi connectivity index (χ4n) is 0.978. The Hall–Kier alpha value is -1.26. The van der Waals surface area contributed by atoms with E-state index in [4.69, 9.17) is 10.5 Å². The lowest BCUT2D eigenvalue weighted by atomic mass is 10.1. The van der Waals surface area contributed by atoms with Crippen LogP contribution in [-0.2, 0) is 11.3 Å². The molecule has 0 aromatic carbocycles. The van der Waals surface area contributed by atoms with Crippen molar-refractivity contribution in [2.24, 2.45) is 5.73 Å². The highest BCUT2D eigenvalue weighted by molar-refractivity contribution is 5.97. The van der Waals surface area contributed by atoms with Crippen molar-refractivity contribution in [2.75, 3.05) is 13.7 Å². The topological polar surface area (TPSA) is 65.2 Å². The van der Waals surface area contributed by atoms with Crippen molar-refractivity contribution in [1.82, 2.24) is 4.98 Å². The minimum atomic E-state index is -0.0559. The number of carbonyl (C=O) groups excluding carboxylic acids is 1. The molecule has 2 N–H and O–H groups in total. The van der Waals surface area contributed by atoms with Crippen LogP contribution in [0.25, 0.3) is 0 Å². The molecular weight excluding hydrogens is 168 g/mol. The molecule has 4 nitrogen and oxygen atoms in total. The zero-order chi connectivity index (χ0) is 9.68. The highest BCUT2D eigenvalue weighted by atomic mass is 16.5. The zero-order valence-electron chi connectivity index (χ0n) is 7.49. The van der Waals surface area contributed by atoms with Crippen LogP contribution in [0.2, 0.25) is 0 Å². The van der Waals surface area contributed by atoms with Gasteiger partial charge in [-0.3, -0.25) is 9.78 Å². The number of pyridine rings is 1. The summed E-state index contributed by atoms with van der Waals surface area (Å²) in [6.45, 7) is 0.433. The molecule has 0 amide bonds. The first-order chi connectivity index (χ1) is 6.27. The lowest BCUT2D eigenvalue weighted by molar-refractivity contribution is 0.0848. The maximum atomic E-state index is 11.3. The Morgan fingerprint density at radius 3 is 3.08 bits per heavy atom. The molecule has 1 heterocycles. The second-order valence-corrected chi connectivity index (χ2v) is 2.60. The quantitative estimate of drug-likeness (QED) is 0.680. The zero-order valence-corrected chi connectivity index (χ0v) is 7.49. The number of hydrogen-bond donors (Lipinski definition) is 1. The average molecular weight is 180 g/mol. The number of nitrogens with zero attached hydrogens (tertiary/aromatic N) is 1. The minimum absolute atomic E-state index is 0.0559. The van der Waals surface area contributed by atoms with Crippen LogP contribution < -0.4 is 5.73 Å². The largest absolute Gasteiger partial charge is 0.377 e. The number of carbonyl (C=O) groups is 1. The number of aromatic nitrogens is 1. The van der Waals surface area contributed by atoms with Gasteiger partial charge in [-0.25, -0.2) is 0 Å². The summed E-state index contributed by atoms with van der Waals surface area (Å²) >= 11 is 0. The van der Waals surface area contributed by atoms with Gasteiger partial charge in [0.05, 0.1) is 5.69 Å². The molecule has 0 saturated carbocycles. The standard InChI is InChI=1S/C9H12N2O2/c1-13-6-9(12)7-2-3-11-8(4-7)5-10/h2-4H,5-6,10H2,1H3. The summed E-state index contributed by atoms with van der Waals surface area (Å²) in [6.07, 6.45) is 1.57. The first-order valence-electron chi connectivity index (χ1n) is 3.95. The Morgan fingerprint density at radius 2 is 2.46 bits per heavy atom. The molecule has 0 saturated heterocycles. The molecule has 4 heteroatoms. The summed E-state index contributed by atoms with van der Waals surface area (Å²) in [5.74, 6) is -0.0559. The normalized spacial score (nSPS) is 10.0. The van der Waals surface area contributed by atoms with Crippen molar-refractivity contribution in [3.8, 4) is 0 Å². The van der Waals surface area contributed by atoms with Crippen molar-refractivity contribution < 1.29 is 9.53 Å². The Balaban J connectivity index is 2.82. The van der Waals surface area contributed by atoms with Gasteiger partial charge in [0.25, 0.3) is 0 Å². The number of ether oxygens (including phenoxy) is 1. The lowest BCUT2D eigenvalue weighted by Crippen LogP contribution is -2.09. The van der Waals surface area contributed by atoms with E-state index in [0.717, 1.165) is 0 Å². The summed E-state index contributed by atoms with van der Waals surface area (Å²) in [5, 5.41) is 0. The molecule has 0 spiro atoms. The lowest BCUT2D eigenvalue weighted by Gasteiger charge is -2.00. The molecule has 13 heavy (non-hydrogen) atoms. The highest BCUT2D eigenvalue weighted by Gasteiger charge is 2.05. The average Bonchev–Trinajstić information content (AvgIpc) is 2.18. The van der Waals surface area contributed by atoms with Gasteiger partial charge in [0.2, 0.25) is 0 Å². The summed E-state index contributed by atoms with van der Waals surface area (Å²) in [7, 11) is 1.49. The Kier molecular flexibility index (Phi) is 3.54. The number of rotatable bonds is 4. The predicted molar refractivity (Wildman–Crippen MR) is 48.3 cm³/mol. The predicted octanol–water partition coefficient (Wildman–Crippen LogP) is 0.369. The van der Waals surface area contributed by atoms with Gasteiger partial charge in [-0.1, -0.05) is 0 Å². The van der Waals surface area contributed by atoms with E-state index >= 15 is 0 Å². The summed E-state index contributed by atoms with van der Waals surface area (Å²) < 4.78 is 4.73. The van der Waals surface area contributed by atoms with E-state index in [1.165, 1.54) is 7.11 Å². The van der Waals surface area contributed by atoms with E-state index in [9.17, 15) is 4.79 Å². The fraction of sp³-hybridized carbons (Fsp3) is 0.333. The molecule has 0 unspecified atom stereocenters. The highest BCUT2D eigenvalue weighted by Crippen LogP contribution is 2.02. The maximum Gasteiger partial charge on any atom is 0.188 e. The van der Waals surface area contributed by atoms with Gasteiger partial charge >= 0.3 is 0 Å². The first kappa shape index (κ1) is 9.83. The van der Waals surface area contributed by atoms with Crippen LogP contribution in [0.3, 0.4) is 0 Å². The maximum absolute atomic E-state index is 11.3. The molecule has 0 bridgehead atoms. The van der Waals surface area contributed by atoms with Crippen LogP contribution in [0.15, 0.2) is 18.3 Å². The Morgan fingerprint density at radius 1 is 1.69 bits per heavy atom. The third kappa shape index (κ3) is 2.61. The van der Waals surface area contributed by atoms with Gasteiger partial charge in [-0.05, 0) is 12.1 Å². The van der Waals surface area contributed by atoms with Crippen LogP contribution in [0, 0.1) is 0 Å². The van der Waals surface area contributed by atoms with Crippen molar-refractivity contribution in [3.05, 3.63) is 29.6 Å². The molecule has 0 aliphatic heterocycles. The van der Waals surface area contributed by atoms with Crippen LogP contribution in [0.5, 0.6) is 0 Å². The van der Waals surface area contributed by atoms with Gasteiger partial charge in [-0.15, -0.1) is 0 Å². The van der Waals surface area contributed by atoms with Gasteiger partial charge < -0.3 is 10.5 Å².